The molecule has 3 saturated heterocycles. The number of piperidine rings is 1. The second-order valence-corrected chi connectivity index (χ2v) is 10.9. The van der Waals surface area contributed by atoms with Gasteiger partial charge in [-0.15, -0.1) is 11.8 Å². The predicted octanol–water partition coefficient (Wildman–Crippen LogP) is 2.60. The Morgan fingerprint density at radius 3 is 2.31 bits per heavy atom. The molecule has 0 spiro atoms. The van der Waals surface area contributed by atoms with Gasteiger partial charge in [-0.2, -0.15) is 5.10 Å². The summed E-state index contributed by atoms with van der Waals surface area (Å²) in [5.74, 6) is 0.863. The van der Waals surface area contributed by atoms with E-state index >= 15 is 0 Å². The van der Waals surface area contributed by atoms with Gasteiger partial charge in [0.1, 0.15) is 0 Å². The summed E-state index contributed by atoms with van der Waals surface area (Å²) in [4.78, 5) is 21.8. The Morgan fingerprint density at radius 2 is 1.57 bits per heavy atom. The van der Waals surface area contributed by atoms with E-state index in [0.717, 1.165) is 76.6 Å². The Kier molecular flexibility index (Phi) is 7.11. The largest absolute Gasteiger partial charge is 0.379 e. The number of ether oxygens (including phenoxy) is 2. The number of nitrogens with zero attached hydrogens (tertiary/aromatic N) is 5. The molecule has 1 amide bonds. The lowest BCUT2D eigenvalue weighted by Crippen LogP contribution is -2.43. The highest BCUT2D eigenvalue weighted by atomic mass is 32.2. The quantitative estimate of drug-likeness (QED) is 0.629. The molecule has 188 valence electrons. The number of hydrogen-bond acceptors (Lipinski definition) is 7. The molecule has 8 nitrogen and oxygen atoms in total. The van der Waals surface area contributed by atoms with Crippen molar-refractivity contribution in [3.63, 3.8) is 0 Å². The third kappa shape index (κ3) is 4.89. The monoisotopic (exact) mass is 497 g/mol. The minimum absolute atomic E-state index is 0.0613. The average molecular weight is 498 g/mol. The molecular weight excluding hydrogens is 462 g/mol. The average Bonchev–Trinajstić information content (AvgIpc) is 3.33. The number of fused-ring (bicyclic) bond motifs is 3. The molecule has 0 aliphatic carbocycles. The van der Waals surface area contributed by atoms with E-state index in [1.54, 1.807) is 0 Å². The van der Waals surface area contributed by atoms with E-state index in [-0.39, 0.29) is 5.91 Å². The highest BCUT2D eigenvalue weighted by molar-refractivity contribution is 7.98. The number of likely N-dealkylation sites (tertiary alicyclic amines) is 1. The zero-order chi connectivity index (χ0) is 23.6. The van der Waals surface area contributed by atoms with Crippen LogP contribution in [0.1, 0.15) is 34.9 Å². The van der Waals surface area contributed by atoms with E-state index in [4.69, 9.17) is 14.6 Å². The van der Waals surface area contributed by atoms with Gasteiger partial charge in [0.25, 0.3) is 5.91 Å². The van der Waals surface area contributed by atoms with Crippen molar-refractivity contribution in [2.24, 2.45) is 0 Å². The van der Waals surface area contributed by atoms with E-state index in [0.29, 0.717) is 38.0 Å². The smallest absolute Gasteiger partial charge is 0.274 e. The normalized spacial score (nSPS) is 22.1. The molecule has 0 atom stereocenters. The van der Waals surface area contributed by atoms with Gasteiger partial charge in [0.05, 0.1) is 38.2 Å². The van der Waals surface area contributed by atoms with Gasteiger partial charge in [0.2, 0.25) is 0 Å². The van der Waals surface area contributed by atoms with E-state index in [2.05, 4.69) is 38.7 Å². The zero-order valence-corrected chi connectivity index (χ0v) is 21.2. The summed E-state index contributed by atoms with van der Waals surface area (Å²) < 4.78 is 13.2. The summed E-state index contributed by atoms with van der Waals surface area (Å²) >= 11 is 1.82. The molecule has 0 N–H and O–H groups in total. The Labute approximate surface area is 211 Å². The molecule has 5 heterocycles. The molecular formula is C26H35N5O3S. The van der Waals surface area contributed by atoms with Crippen LogP contribution in [0.4, 0.5) is 0 Å². The molecule has 4 aliphatic heterocycles. The summed E-state index contributed by atoms with van der Waals surface area (Å²) in [7, 11) is 0. The van der Waals surface area contributed by atoms with E-state index in [9.17, 15) is 4.79 Å². The fraction of sp³-hybridized carbons (Fsp3) is 0.615. The maximum absolute atomic E-state index is 13.5. The van der Waals surface area contributed by atoms with Gasteiger partial charge in [0.15, 0.2) is 5.69 Å². The van der Waals surface area contributed by atoms with Gasteiger partial charge in [-0.05, 0) is 18.9 Å². The summed E-state index contributed by atoms with van der Waals surface area (Å²) in [5.41, 5.74) is 4.16. The van der Waals surface area contributed by atoms with E-state index in [1.165, 1.54) is 16.2 Å². The molecule has 2 aromatic rings. The van der Waals surface area contributed by atoms with Gasteiger partial charge in [0, 0.05) is 74.1 Å². The summed E-state index contributed by atoms with van der Waals surface area (Å²) in [6.45, 7) is 10.7. The summed E-state index contributed by atoms with van der Waals surface area (Å²) in [6, 6.07) is 8.91. The number of carbonyl (C=O) groups excluding carboxylic acids is 1. The minimum Gasteiger partial charge on any atom is -0.379 e. The van der Waals surface area contributed by atoms with Gasteiger partial charge in [-0.3, -0.25) is 14.4 Å². The van der Waals surface area contributed by atoms with Crippen molar-refractivity contribution in [3.8, 4) is 11.3 Å². The van der Waals surface area contributed by atoms with Crippen molar-refractivity contribution in [3.05, 3.63) is 35.5 Å². The minimum atomic E-state index is 0.0613. The predicted molar refractivity (Wildman–Crippen MR) is 136 cm³/mol. The fourth-order valence-corrected chi connectivity index (χ4v) is 6.74. The molecule has 0 bridgehead atoms. The standard InChI is InChI=1S/C26H35N5O3S/c32-26(30-13-17-34-18-14-30)24-22-19-35-23-4-2-1-3-21(23)25(22)31(27-24)20-5-7-28(8-6-20)9-10-29-11-15-33-16-12-29/h1-4,20H,5-19H2. The maximum atomic E-state index is 13.5. The number of aromatic nitrogens is 2. The van der Waals surface area contributed by atoms with Crippen molar-refractivity contribution in [1.29, 1.82) is 0 Å². The Bertz CT molecular complexity index is 1040. The van der Waals surface area contributed by atoms with Crippen LogP contribution in [0.5, 0.6) is 0 Å². The number of thioether (sulfide) groups is 1. The molecule has 3 fully saturated rings. The first-order chi connectivity index (χ1) is 17.3. The molecule has 6 rings (SSSR count). The lowest BCUT2D eigenvalue weighted by molar-refractivity contribution is 0.0296. The molecule has 1 aromatic carbocycles. The number of amides is 1. The van der Waals surface area contributed by atoms with Crippen LogP contribution in [0.25, 0.3) is 11.3 Å². The van der Waals surface area contributed by atoms with Crippen LogP contribution >= 0.6 is 11.8 Å². The molecule has 0 unspecified atom stereocenters. The Hall–Kier alpha value is -1.91. The summed E-state index contributed by atoms with van der Waals surface area (Å²) in [5, 5.41) is 5.06. The number of benzene rings is 1. The van der Waals surface area contributed by atoms with Crippen LogP contribution in [0, 0.1) is 0 Å². The van der Waals surface area contributed by atoms with E-state index < -0.39 is 0 Å². The number of hydrogen-bond donors (Lipinski definition) is 0. The van der Waals surface area contributed by atoms with Crippen LogP contribution < -0.4 is 0 Å². The van der Waals surface area contributed by atoms with Gasteiger partial charge in [-0.25, -0.2) is 0 Å². The lowest BCUT2D eigenvalue weighted by atomic mass is 10.0. The second kappa shape index (κ2) is 10.6. The van der Waals surface area contributed by atoms with Crippen molar-refractivity contribution in [2.45, 2.75) is 29.5 Å². The summed E-state index contributed by atoms with van der Waals surface area (Å²) in [6.07, 6.45) is 2.13. The molecule has 0 radical (unpaired) electrons. The van der Waals surface area contributed by atoms with Crippen LogP contribution in [0.3, 0.4) is 0 Å². The SMILES string of the molecule is O=C(c1nn(C2CCN(CCN3CCOCC3)CC2)c2c1CSc1ccccc1-2)N1CCOCC1. The van der Waals surface area contributed by atoms with Crippen LogP contribution in [0.15, 0.2) is 29.2 Å². The van der Waals surface area contributed by atoms with Crippen molar-refractivity contribution < 1.29 is 14.3 Å². The maximum Gasteiger partial charge on any atom is 0.274 e. The fourth-order valence-electron chi connectivity index (χ4n) is 5.68. The van der Waals surface area contributed by atoms with Crippen LogP contribution in [-0.4, -0.2) is 109 Å². The van der Waals surface area contributed by atoms with Crippen LogP contribution in [0.2, 0.25) is 0 Å². The highest BCUT2D eigenvalue weighted by Gasteiger charge is 2.34. The molecule has 0 saturated carbocycles. The third-order valence-electron chi connectivity index (χ3n) is 7.76. The second-order valence-electron chi connectivity index (χ2n) is 9.84. The highest BCUT2D eigenvalue weighted by Crippen LogP contribution is 2.44. The first-order valence-corrected chi connectivity index (χ1v) is 14.0. The number of carbonyl (C=O) groups is 1. The van der Waals surface area contributed by atoms with E-state index in [1.807, 2.05) is 16.7 Å². The van der Waals surface area contributed by atoms with Crippen LogP contribution in [-0.2, 0) is 15.2 Å². The Morgan fingerprint density at radius 1 is 0.914 bits per heavy atom. The van der Waals surface area contributed by atoms with Crippen molar-refractivity contribution in [1.82, 2.24) is 24.5 Å². The topological polar surface area (TPSA) is 63.1 Å². The van der Waals surface area contributed by atoms with Crippen molar-refractivity contribution >= 4 is 17.7 Å². The molecule has 4 aliphatic rings. The Balaban J connectivity index is 1.22. The lowest BCUT2D eigenvalue weighted by Gasteiger charge is -2.35. The van der Waals surface area contributed by atoms with Gasteiger partial charge < -0.3 is 19.3 Å². The first kappa shape index (κ1) is 23.5. The van der Waals surface area contributed by atoms with Crippen molar-refractivity contribution in [2.75, 3.05) is 78.8 Å². The zero-order valence-electron chi connectivity index (χ0n) is 20.4. The molecule has 1 aromatic heterocycles. The first-order valence-electron chi connectivity index (χ1n) is 13.0. The number of rotatable bonds is 5. The molecule has 9 heteroatoms. The van der Waals surface area contributed by atoms with Gasteiger partial charge in [-0.1, -0.05) is 18.2 Å². The molecule has 35 heavy (non-hydrogen) atoms. The third-order valence-corrected chi connectivity index (χ3v) is 8.86. The van der Waals surface area contributed by atoms with Gasteiger partial charge >= 0.3 is 0 Å². The number of morpholine rings is 2.